The summed E-state index contributed by atoms with van der Waals surface area (Å²) in [4.78, 5) is 16.6. The number of alkyl halides is 3. The maximum absolute atomic E-state index is 13.9. The van der Waals surface area contributed by atoms with E-state index in [2.05, 4.69) is 19.9 Å². The summed E-state index contributed by atoms with van der Waals surface area (Å²) < 4.78 is 41.7. The van der Waals surface area contributed by atoms with Crippen LogP contribution in [0.15, 0.2) is 85.1 Å². The molecular formula is C26H22F3N5. The average Bonchev–Trinajstić information content (AvgIpc) is 2.89. The third kappa shape index (κ3) is 4.44. The molecule has 0 radical (unpaired) electrons. The van der Waals surface area contributed by atoms with E-state index in [-0.39, 0.29) is 5.69 Å². The van der Waals surface area contributed by atoms with Crippen molar-refractivity contribution in [1.82, 2.24) is 15.0 Å². The van der Waals surface area contributed by atoms with Crippen molar-refractivity contribution in [3.05, 3.63) is 90.9 Å². The van der Waals surface area contributed by atoms with Crippen LogP contribution in [-0.4, -0.2) is 41.1 Å². The van der Waals surface area contributed by atoms with Gasteiger partial charge in [-0.25, -0.2) is 15.0 Å². The molecule has 2 aromatic carbocycles. The summed E-state index contributed by atoms with van der Waals surface area (Å²) in [5.41, 5.74) is 2.27. The van der Waals surface area contributed by atoms with E-state index >= 15 is 0 Å². The Balaban J connectivity index is 1.62. The SMILES string of the molecule is FC(F)(F)c1nc(-c2ccccc2)c(-c2ccccc2)c(N2CCN(c3ccccn3)CC2)n1. The zero-order valence-corrected chi connectivity index (χ0v) is 18.3. The van der Waals surface area contributed by atoms with Gasteiger partial charge >= 0.3 is 6.18 Å². The summed E-state index contributed by atoms with van der Waals surface area (Å²) in [5, 5.41) is 0. The molecular weight excluding hydrogens is 439 g/mol. The lowest BCUT2D eigenvalue weighted by molar-refractivity contribution is -0.144. The molecule has 172 valence electrons. The Hall–Kier alpha value is -3.94. The molecule has 0 amide bonds. The number of anilines is 2. The fourth-order valence-electron chi connectivity index (χ4n) is 4.17. The monoisotopic (exact) mass is 461 g/mol. The zero-order chi connectivity index (χ0) is 23.5. The second kappa shape index (κ2) is 9.13. The van der Waals surface area contributed by atoms with Crippen LogP contribution in [-0.2, 0) is 6.18 Å². The molecule has 5 rings (SSSR count). The Morgan fingerprint density at radius 1 is 0.647 bits per heavy atom. The van der Waals surface area contributed by atoms with Crippen LogP contribution in [0.4, 0.5) is 24.8 Å². The minimum absolute atomic E-state index is 0.274. The third-order valence-electron chi connectivity index (χ3n) is 5.81. The van der Waals surface area contributed by atoms with Crippen molar-refractivity contribution < 1.29 is 13.2 Å². The number of benzene rings is 2. The van der Waals surface area contributed by atoms with E-state index in [9.17, 15) is 13.2 Å². The number of hydrogen-bond donors (Lipinski definition) is 0. The molecule has 8 heteroatoms. The predicted molar refractivity (Wildman–Crippen MR) is 127 cm³/mol. The first-order valence-corrected chi connectivity index (χ1v) is 11.0. The van der Waals surface area contributed by atoms with E-state index in [1.807, 2.05) is 59.5 Å². The molecule has 0 spiro atoms. The molecule has 1 aliphatic heterocycles. The van der Waals surface area contributed by atoms with Gasteiger partial charge in [0.2, 0.25) is 5.82 Å². The molecule has 1 saturated heterocycles. The number of piperazine rings is 1. The Kier molecular flexibility index (Phi) is 5.88. The second-order valence-electron chi connectivity index (χ2n) is 7.99. The largest absolute Gasteiger partial charge is 0.451 e. The molecule has 0 aliphatic carbocycles. The van der Waals surface area contributed by atoms with Crippen LogP contribution in [0.2, 0.25) is 0 Å². The number of hydrogen-bond acceptors (Lipinski definition) is 5. The lowest BCUT2D eigenvalue weighted by atomic mass is 9.98. The molecule has 0 N–H and O–H groups in total. The van der Waals surface area contributed by atoms with Crippen molar-refractivity contribution in [1.29, 1.82) is 0 Å². The first-order valence-electron chi connectivity index (χ1n) is 11.0. The first kappa shape index (κ1) is 21.9. The molecule has 1 fully saturated rings. The van der Waals surface area contributed by atoms with Crippen molar-refractivity contribution in [2.45, 2.75) is 6.18 Å². The van der Waals surface area contributed by atoms with Gasteiger partial charge in [-0.2, -0.15) is 13.2 Å². The molecule has 1 aliphatic rings. The van der Waals surface area contributed by atoms with Crippen LogP contribution >= 0.6 is 0 Å². The van der Waals surface area contributed by atoms with Gasteiger partial charge in [0, 0.05) is 37.9 Å². The van der Waals surface area contributed by atoms with E-state index in [1.165, 1.54) is 0 Å². The van der Waals surface area contributed by atoms with Crippen molar-refractivity contribution in [3.8, 4) is 22.4 Å². The van der Waals surface area contributed by atoms with Gasteiger partial charge in [0.05, 0.1) is 11.3 Å². The Morgan fingerprint density at radius 3 is 1.82 bits per heavy atom. The van der Waals surface area contributed by atoms with Crippen LogP contribution in [0.1, 0.15) is 5.82 Å². The number of nitrogens with zero attached hydrogens (tertiary/aromatic N) is 5. The lowest BCUT2D eigenvalue weighted by Gasteiger charge is -2.37. The molecule has 0 unspecified atom stereocenters. The van der Waals surface area contributed by atoms with Crippen molar-refractivity contribution in [3.63, 3.8) is 0 Å². The smallest absolute Gasteiger partial charge is 0.353 e. The number of halogens is 3. The van der Waals surface area contributed by atoms with Gasteiger partial charge in [-0.1, -0.05) is 66.7 Å². The highest BCUT2D eigenvalue weighted by molar-refractivity contribution is 5.88. The van der Waals surface area contributed by atoms with Gasteiger partial charge in [-0.15, -0.1) is 0 Å². The molecule has 5 nitrogen and oxygen atoms in total. The number of pyridine rings is 1. The van der Waals surface area contributed by atoms with Crippen LogP contribution < -0.4 is 9.80 Å². The highest BCUT2D eigenvalue weighted by Gasteiger charge is 2.38. The highest BCUT2D eigenvalue weighted by atomic mass is 19.4. The number of rotatable bonds is 4. The Morgan fingerprint density at radius 2 is 1.24 bits per heavy atom. The van der Waals surface area contributed by atoms with Gasteiger partial charge in [-0.3, -0.25) is 0 Å². The van der Waals surface area contributed by atoms with E-state index in [0.29, 0.717) is 43.1 Å². The summed E-state index contributed by atoms with van der Waals surface area (Å²) >= 11 is 0. The standard InChI is InChI=1S/C26H22F3N5/c27-26(28,29)25-31-23(20-11-5-2-6-12-20)22(19-9-3-1-4-10-19)24(32-25)34-17-15-33(16-18-34)21-13-7-8-14-30-21/h1-14H,15-18H2. The maximum Gasteiger partial charge on any atom is 0.451 e. The average molecular weight is 461 g/mol. The third-order valence-corrected chi connectivity index (χ3v) is 5.81. The quantitative estimate of drug-likeness (QED) is 0.399. The predicted octanol–water partition coefficient (Wildman–Crippen LogP) is 5.55. The van der Waals surface area contributed by atoms with Crippen LogP contribution in [0.25, 0.3) is 22.4 Å². The van der Waals surface area contributed by atoms with Gasteiger partial charge in [0.15, 0.2) is 0 Å². The van der Waals surface area contributed by atoms with Gasteiger partial charge in [0.1, 0.15) is 11.6 Å². The normalized spacial score (nSPS) is 14.3. The second-order valence-corrected chi connectivity index (χ2v) is 7.99. The summed E-state index contributed by atoms with van der Waals surface area (Å²) in [6.07, 6.45) is -2.93. The lowest BCUT2D eigenvalue weighted by Crippen LogP contribution is -2.47. The van der Waals surface area contributed by atoms with Crippen LogP contribution in [0, 0.1) is 0 Å². The first-order chi connectivity index (χ1) is 16.5. The van der Waals surface area contributed by atoms with Crippen LogP contribution in [0.5, 0.6) is 0 Å². The minimum atomic E-state index is -4.66. The fraction of sp³-hybridized carbons (Fsp3) is 0.192. The fourth-order valence-corrected chi connectivity index (χ4v) is 4.17. The Labute approximate surface area is 195 Å². The molecule has 0 bridgehead atoms. The zero-order valence-electron chi connectivity index (χ0n) is 18.3. The molecule has 0 saturated carbocycles. The summed E-state index contributed by atoms with van der Waals surface area (Å²) in [6, 6.07) is 24.1. The summed E-state index contributed by atoms with van der Waals surface area (Å²) in [6.45, 7) is 2.27. The van der Waals surface area contributed by atoms with Gasteiger partial charge in [-0.05, 0) is 17.7 Å². The van der Waals surface area contributed by atoms with Gasteiger partial charge < -0.3 is 9.80 Å². The molecule has 0 atom stereocenters. The van der Waals surface area contributed by atoms with Gasteiger partial charge in [0.25, 0.3) is 0 Å². The molecule has 4 aromatic rings. The van der Waals surface area contributed by atoms with Crippen LogP contribution in [0.3, 0.4) is 0 Å². The van der Waals surface area contributed by atoms with E-state index in [0.717, 1.165) is 11.4 Å². The molecule has 3 heterocycles. The van der Waals surface area contributed by atoms with Crippen molar-refractivity contribution in [2.75, 3.05) is 36.0 Å². The van der Waals surface area contributed by atoms with E-state index in [4.69, 9.17) is 0 Å². The molecule has 34 heavy (non-hydrogen) atoms. The number of aromatic nitrogens is 3. The summed E-state index contributed by atoms with van der Waals surface area (Å²) in [7, 11) is 0. The summed E-state index contributed by atoms with van der Waals surface area (Å²) in [5.74, 6) is 0.0234. The topological polar surface area (TPSA) is 45.2 Å². The van der Waals surface area contributed by atoms with Crippen molar-refractivity contribution >= 4 is 11.6 Å². The Bertz CT molecular complexity index is 1240. The van der Waals surface area contributed by atoms with E-state index in [1.54, 1.807) is 30.5 Å². The highest BCUT2D eigenvalue weighted by Crippen LogP contribution is 2.40. The molecule has 2 aromatic heterocycles. The maximum atomic E-state index is 13.9. The van der Waals surface area contributed by atoms with Crippen molar-refractivity contribution in [2.24, 2.45) is 0 Å². The van der Waals surface area contributed by atoms with E-state index < -0.39 is 12.0 Å². The minimum Gasteiger partial charge on any atom is -0.353 e.